The summed E-state index contributed by atoms with van der Waals surface area (Å²) in [5.74, 6) is 1.13. The van der Waals surface area contributed by atoms with Crippen LogP contribution in [0.4, 0.5) is 0 Å². The Labute approximate surface area is 83.0 Å². The minimum absolute atomic E-state index is 0.327. The number of thioether (sulfide) groups is 1. The molecule has 0 aliphatic heterocycles. The standard InChI is InChI=1S/C9H16N2OS/c12-5-3-1-2-4-6-13-9-7-10-8-11-9/h7-8,12H,1-6H2,(H,10,11). The first kappa shape index (κ1) is 10.6. The number of rotatable bonds is 7. The lowest BCUT2D eigenvalue weighted by atomic mass is 10.2. The summed E-state index contributed by atoms with van der Waals surface area (Å²) in [7, 11) is 0. The molecule has 0 amide bonds. The number of H-pyrrole nitrogens is 1. The second-order valence-corrected chi connectivity index (χ2v) is 4.04. The number of imidazole rings is 1. The van der Waals surface area contributed by atoms with E-state index < -0.39 is 0 Å². The molecule has 0 aliphatic carbocycles. The third-order valence-corrected chi connectivity index (χ3v) is 2.81. The number of nitrogens with zero attached hydrogens (tertiary/aromatic N) is 1. The molecule has 0 aromatic carbocycles. The molecule has 0 aliphatic rings. The van der Waals surface area contributed by atoms with Crippen LogP contribution in [-0.4, -0.2) is 27.4 Å². The molecule has 0 radical (unpaired) electrons. The van der Waals surface area contributed by atoms with E-state index in [-0.39, 0.29) is 0 Å². The monoisotopic (exact) mass is 200 g/mol. The van der Waals surface area contributed by atoms with Crippen molar-refractivity contribution >= 4 is 11.8 Å². The molecule has 0 bridgehead atoms. The smallest absolute Gasteiger partial charge is 0.0928 e. The molecule has 0 atom stereocenters. The van der Waals surface area contributed by atoms with Crippen LogP contribution in [0.1, 0.15) is 25.7 Å². The lowest BCUT2D eigenvalue weighted by molar-refractivity contribution is 0.283. The third kappa shape index (κ3) is 4.95. The summed E-state index contributed by atoms with van der Waals surface area (Å²) < 4.78 is 0. The van der Waals surface area contributed by atoms with Gasteiger partial charge in [0.15, 0.2) is 0 Å². The van der Waals surface area contributed by atoms with Crippen LogP contribution in [0.25, 0.3) is 0 Å². The molecule has 0 spiro atoms. The summed E-state index contributed by atoms with van der Waals surface area (Å²) in [5, 5.41) is 9.70. The Morgan fingerprint density at radius 2 is 2.15 bits per heavy atom. The molecule has 0 saturated carbocycles. The Kier molecular flexibility index (Phi) is 5.69. The summed E-state index contributed by atoms with van der Waals surface area (Å²) in [6, 6.07) is 0. The van der Waals surface area contributed by atoms with E-state index in [0.29, 0.717) is 6.61 Å². The molecule has 3 nitrogen and oxygen atoms in total. The van der Waals surface area contributed by atoms with Crippen LogP contribution in [0.15, 0.2) is 17.6 Å². The van der Waals surface area contributed by atoms with Crippen molar-refractivity contribution in [3.63, 3.8) is 0 Å². The van der Waals surface area contributed by atoms with Gasteiger partial charge in [-0.25, -0.2) is 4.98 Å². The van der Waals surface area contributed by atoms with Crippen molar-refractivity contribution in [2.45, 2.75) is 30.7 Å². The molecule has 13 heavy (non-hydrogen) atoms. The number of aromatic nitrogens is 2. The number of aliphatic hydroxyl groups is 1. The molecule has 4 heteroatoms. The van der Waals surface area contributed by atoms with Crippen LogP contribution >= 0.6 is 11.8 Å². The van der Waals surface area contributed by atoms with E-state index in [1.807, 2.05) is 6.20 Å². The van der Waals surface area contributed by atoms with Crippen molar-refractivity contribution in [1.29, 1.82) is 0 Å². The zero-order valence-corrected chi connectivity index (χ0v) is 8.52. The van der Waals surface area contributed by atoms with Crippen LogP contribution in [0.3, 0.4) is 0 Å². The molecule has 1 heterocycles. The Hall–Kier alpha value is -0.480. The minimum Gasteiger partial charge on any atom is -0.396 e. The van der Waals surface area contributed by atoms with Gasteiger partial charge in [-0.15, -0.1) is 11.8 Å². The van der Waals surface area contributed by atoms with Crippen LogP contribution in [0, 0.1) is 0 Å². The molecule has 1 rings (SSSR count). The van der Waals surface area contributed by atoms with Gasteiger partial charge in [-0.1, -0.05) is 12.8 Å². The Bertz CT molecular complexity index is 201. The van der Waals surface area contributed by atoms with Crippen LogP contribution in [0.2, 0.25) is 0 Å². The van der Waals surface area contributed by atoms with Gasteiger partial charge in [0.25, 0.3) is 0 Å². The predicted octanol–water partition coefficient (Wildman–Crippen LogP) is 2.05. The van der Waals surface area contributed by atoms with Gasteiger partial charge in [0.1, 0.15) is 0 Å². The second kappa shape index (κ2) is 6.97. The number of hydrogen-bond acceptors (Lipinski definition) is 3. The van der Waals surface area contributed by atoms with Gasteiger partial charge in [-0.3, -0.25) is 0 Å². The first-order valence-electron chi connectivity index (χ1n) is 4.65. The summed E-state index contributed by atoms with van der Waals surface area (Å²) >= 11 is 1.80. The number of hydrogen-bond donors (Lipinski definition) is 2. The first-order valence-corrected chi connectivity index (χ1v) is 5.64. The van der Waals surface area contributed by atoms with E-state index in [9.17, 15) is 0 Å². The van der Waals surface area contributed by atoms with Gasteiger partial charge in [-0.05, 0) is 18.6 Å². The number of aliphatic hydroxyl groups excluding tert-OH is 1. The predicted molar refractivity (Wildman–Crippen MR) is 54.9 cm³/mol. The molecule has 0 fully saturated rings. The van der Waals surface area contributed by atoms with E-state index >= 15 is 0 Å². The average molecular weight is 200 g/mol. The Morgan fingerprint density at radius 3 is 2.85 bits per heavy atom. The maximum atomic E-state index is 8.55. The zero-order valence-electron chi connectivity index (χ0n) is 7.70. The fourth-order valence-corrected chi connectivity index (χ4v) is 1.91. The molecular weight excluding hydrogens is 184 g/mol. The summed E-state index contributed by atoms with van der Waals surface area (Å²) in [4.78, 5) is 6.99. The zero-order chi connectivity index (χ0) is 9.36. The van der Waals surface area contributed by atoms with Crippen molar-refractivity contribution in [2.24, 2.45) is 0 Å². The molecule has 1 aromatic heterocycles. The molecule has 0 saturated heterocycles. The van der Waals surface area contributed by atoms with Crippen molar-refractivity contribution in [2.75, 3.05) is 12.4 Å². The van der Waals surface area contributed by atoms with E-state index in [1.165, 1.54) is 12.8 Å². The minimum atomic E-state index is 0.327. The fourth-order valence-electron chi connectivity index (χ4n) is 1.07. The van der Waals surface area contributed by atoms with E-state index in [4.69, 9.17) is 5.11 Å². The van der Waals surface area contributed by atoms with Crippen molar-refractivity contribution in [3.8, 4) is 0 Å². The highest BCUT2D eigenvalue weighted by atomic mass is 32.2. The number of unbranched alkanes of at least 4 members (excludes halogenated alkanes) is 3. The molecule has 2 N–H and O–H groups in total. The van der Waals surface area contributed by atoms with E-state index in [1.54, 1.807) is 18.1 Å². The second-order valence-electron chi connectivity index (χ2n) is 2.90. The third-order valence-electron chi connectivity index (χ3n) is 1.78. The van der Waals surface area contributed by atoms with E-state index in [0.717, 1.165) is 23.6 Å². The van der Waals surface area contributed by atoms with Crippen molar-refractivity contribution in [3.05, 3.63) is 12.5 Å². The SMILES string of the molecule is OCCCCCCSc1cnc[nH]1. The fraction of sp³-hybridized carbons (Fsp3) is 0.667. The average Bonchev–Trinajstić information content (AvgIpc) is 2.63. The van der Waals surface area contributed by atoms with Gasteiger partial charge in [0.2, 0.25) is 0 Å². The highest BCUT2D eigenvalue weighted by Crippen LogP contribution is 2.15. The van der Waals surface area contributed by atoms with Crippen LogP contribution < -0.4 is 0 Å². The van der Waals surface area contributed by atoms with Gasteiger partial charge in [0, 0.05) is 6.61 Å². The van der Waals surface area contributed by atoms with E-state index in [2.05, 4.69) is 9.97 Å². The Morgan fingerprint density at radius 1 is 1.31 bits per heavy atom. The molecular formula is C9H16N2OS. The number of aromatic amines is 1. The molecule has 1 aromatic rings. The topological polar surface area (TPSA) is 48.9 Å². The maximum absolute atomic E-state index is 8.55. The van der Waals surface area contributed by atoms with Crippen molar-refractivity contribution < 1.29 is 5.11 Å². The van der Waals surface area contributed by atoms with Crippen LogP contribution in [0.5, 0.6) is 0 Å². The normalized spacial score (nSPS) is 10.5. The summed E-state index contributed by atoms with van der Waals surface area (Å²) in [6.07, 6.45) is 8.05. The first-order chi connectivity index (χ1) is 6.43. The van der Waals surface area contributed by atoms with Crippen molar-refractivity contribution in [1.82, 2.24) is 9.97 Å². The van der Waals surface area contributed by atoms with Gasteiger partial charge < -0.3 is 10.1 Å². The Balaban J connectivity index is 1.90. The highest BCUT2D eigenvalue weighted by molar-refractivity contribution is 7.99. The maximum Gasteiger partial charge on any atom is 0.0928 e. The number of nitrogens with one attached hydrogen (secondary N) is 1. The molecule has 74 valence electrons. The summed E-state index contributed by atoms with van der Waals surface area (Å²) in [6.45, 7) is 0.327. The largest absolute Gasteiger partial charge is 0.396 e. The lowest BCUT2D eigenvalue weighted by Crippen LogP contribution is -1.85. The van der Waals surface area contributed by atoms with Gasteiger partial charge in [-0.2, -0.15) is 0 Å². The van der Waals surface area contributed by atoms with Gasteiger partial charge in [0.05, 0.1) is 17.6 Å². The van der Waals surface area contributed by atoms with Crippen LogP contribution in [-0.2, 0) is 0 Å². The quantitative estimate of drug-likeness (QED) is 0.523. The lowest BCUT2D eigenvalue weighted by Gasteiger charge is -1.98. The van der Waals surface area contributed by atoms with Gasteiger partial charge >= 0.3 is 0 Å². The highest BCUT2D eigenvalue weighted by Gasteiger charge is 1.94. The molecule has 0 unspecified atom stereocenters. The summed E-state index contributed by atoms with van der Waals surface area (Å²) in [5.41, 5.74) is 0.